The number of halogens is 2. The van der Waals surface area contributed by atoms with Crippen LogP contribution in [0.5, 0.6) is 0 Å². The molecule has 9 heteroatoms. The summed E-state index contributed by atoms with van der Waals surface area (Å²) in [6.07, 6.45) is -1.51. The minimum Gasteiger partial charge on any atom is -0.458 e. The summed E-state index contributed by atoms with van der Waals surface area (Å²) in [6.45, 7) is 3.08. The number of allylic oxidation sites excluding steroid dienone is 4. The Balaban J connectivity index is 1.81. The van der Waals surface area contributed by atoms with Crippen LogP contribution in [0.3, 0.4) is 0 Å². The van der Waals surface area contributed by atoms with Crippen molar-refractivity contribution < 1.29 is 43.2 Å². The predicted octanol–water partition coefficient (Wildman–Crippen LogP) is 1.06. The average molecular weight is 452 g/mol. The molecular formula is C23H26F2O7. The molecule has 0 aromatic rings. The molecule has 4 aliphatic rings. The van der Waals surface area contributed by atoms with Crippen LogP contribution < -0.4 is 0 Å². The maximum atomic E-state index is 16.9. The van der Waals surface area contributed by atoms with Crippen LogP contribution in [0.15, 0.2) is 35.5 Å². The van der Waals surface area contributed by atoms with E-state index in [4.69, 9.17) is 4.74 Å². The molecule has 0 bridgehead atoms. The summed E-state index contributed by atoms with van der Waals surface area (Å²) in [7, 11) is 0. The number of aliphatic hydroxyl groups is 3. The maximum absolute atomic E-state index is 16.9. The molecule has 0 aliphatic heterocycles. The third kappa shape index (κ3) is 2.58. The molecular weight excluding hydrogens is 426 g/mol. The molecule has 0 amide bonds. The average Bonchev–Trinajstić information content (AvgIpc) is 2.91. The molecule has 0 spiro atoms. The Morgan fingerprint density at radius 3 is 2.53 bits per heavy atom. The summed E-state index contributed by atoms with van der Waals surface area (Å²) < 4.78 is 36.9. The second-order valence-corrected chi connectivity index (χ2v) is 9.65. The van der Waals surface area contributed by atoms with Crippen molar-refractivity contribution in [2.45, 2.75) is 63.3 Å². The van der Waals surface area contributed by atoms with Crippen molar-refractivity contribution in [3.05, 3.63) is 35.5 Å². The summed E-state index contributed by atoms with van der Waals surface area (Å²) in [5, 5.41) is 33.1. The molecule has 0 saturated heterocycles. The lowest BCUT2D eigenvalue weighted by Gasteiger charge is -2.61. The lowest BCUT2D eigenvalue weighted by atomic mass is 9.45. The number of ketones is 2. The van der Waals surface area contributed by atoms with Crippen LogP contribution in [0.1, 0.15) is 33.6 Å². The Bertz CT molecular complexity index is 1000. The Morgan fingerprint density at radius 2 is 1.91 bits per heavy atom. The molecule has 0 radical (unpaired) electrons. The third-order valence-electron chi connectivity index (χ3n) is 8.10. The number of aliphatic hydroxyl groups excluding tert-OH is 2. The zero-order valence-corrected chi connectivity index (χ0v) is 18.0. The van der Waals surface area contributed by atoms with Gasteiger partial charge in [0.25, 0.3) is 0 Å². The molecule has 8 atom stereocenters. The van der Waals surface area contributed by atoms with Crippen LogP contribution in [0, 0.1) is 16.7 Å². The van der Waals surface area contributed by atoms with Crippen molar-refractivity contribution >= 4 is 17.5 Å². The molecule has 2 fully saturated rings. The number of carbonyl (C=O) groups is 3. The Hall–Kier alpha value is -2.23. The van der Waals surface area contributed by atoms with Gasteiger partial charge in [0, 0.05) is 23.7 Å². The first kappa shape index (κ1) is 22.9. The molecule has 32 heavy (non-hydrogen) atoms. The molecule has 4 aliphatic carbocycles. The molecule has 4 rings (SSSR count). The van der Waals surface area contributed by atoms with Crippen LogP contribution in [0.25, 0.3) is 0 Å². The summed E-state index contributed by atoms with van der Waals surface area (Å²) in [4.78, 5) is 35.8. The zero-order chi connectivity index (χ0) is 23.9. The minimum atomic E-state index is -2.50. The van der Waals surface area contributed by atoms with E-state index >= 15 is 8.78 Å². The maximum Gasteiger partial charge on any atom is 0.303 e. The first-order valence-electron chi connectivity index (χ1n) is 10.5. The lowest BCUT2D eigenvalue weighted by Crippen LogP contribution is -2.69. The zero-order valence-electron chi connectivity index (χ0n) is 18.0. The highest BCUT2D eigenvalue weighted by molar-refractivity contribution is 6.01. The van der Waals surface area contributed by atoms with Crippen LogP contribution in [0.4, 0.5) is 8.78 Å². The topological polar surface area (TPSA) is 121 Å². The molecule has 2 saturated carbocycles. The summed E-state index contributed by atoms with van der Waals surface area (Å²) in [5.74, 6) is -3.53. The Labute approximate surface area is 183 Å². The lowest BCUT2D eigenvalue weighted by molar-refractivity contribution is -0.195. The molecule has 0 aromatic carbocycles. The van der Waals surface area contributed by atoms with Gasteiger partial charge in [-0.1, -0.05) is 24.6 Å². The van der Waals surface area contributed by atoms with Crippen molar-refractivity contribution in [1.29, 1.82) is 0 Å². The van der Waals surface area contributed by atoms with E-state index in [0.717, 1.165) is 25.2 Å². The second-order valence-electron chi connectivity index (χ2n) is 9.65. The highest BCUT2D eigenvalue weighted by Crippen LogP contribution is 2.68. The van der Waals surface area contributed by atoms with Gasteiger partial charge in [0.1, 0.15) is 12.3 Å². The molecule has 0 aromatic heterocycles. The molecule has 0 heterocycles. The fourth-order valence-corrected chi connectivity index (χ4v) is 6.34. The number of Topliss-reactive ketones (excluding diaryl/α,β-unsaturated/α-hetero) is 1. The molecule has 0 unspecified atom stereocenters. The van der Waals surface area contributed by atoms with Gasteiger partial charge in [-0.3, -0.25) is 14.4 Å². The van der Waals surface area contributed by atoms with E-state index in [9.17, 15) is 29.7 Å². The highest BCUT2D eigenvalue weighted by Gasteiger charge is 2.74. The van der Waals surface area contributed by atoms with Gasteiger partial charge in [0.05, 0.1) is 6.10 Å². The normalized spacial score (nSPS) is 47.1. The fraction of sp³-hybridized carbons (Fsp3) is 0.609. The van der Waals surface area contributed by atoms with Crippen molar-refractivity contribution in [2.24, 2.45) is 16.7 Å². The second kappa shape index (κ2) is 6.88. The number of carbonyl (C=O) groups excluding carboxylic acids is 3. The van der Waals surface area contributed by atoms with Gasteiger partial charge in [-0.15, -0.1) is 0 Å². The number of alkyl halides is 2. The van der Waals surface area contributed by atoms with E-state index in [2.05, 4.69) is 0 Å². The fourth-order valence-electron chi connectivity index (χ4n) is 6.34. The number of hydrogen-bond donors (Lipinski definition) is 3. The Morgan fingerprint density at radius 1 is 1.25 bits per heavy atom. The number of rotatable bonds is 3. The summed E-state index contributed by atoms with van der Waals surface area (Å²) in [5.41, 5.74) is -8.15. The standard InChI is InChI=1S/C23H26F2O7/c1-11(26)32-10-19(30)23(31)17(28)8-13-14-7-16(24)15-6-12(27)4-5-20(15,2)22(14,25)18(29)9-21(13,23)3/h4-6,8,14,16-18,28-29,31H,7,9-10H2,1-3H3/t14-,16-,17+,18-,20-,21-,22-,23-/m0/s1. The molecule has 3 N–H and O–H groups in total. The summed E-state index contributed by atoms with van der Waals surface area (Å²) in [6, 6.07) is 0. The van der Waals surface area contributed by atoms with E-state index < -0.39 is 83.4 Å². The van der Waals surface area contributed by atoms with Crippen LogP contribution in [0.2, 0.25) is 0 Å². The van der Waals surface area contributed by atoms with E-state index in [0.29, 0.717) is 0 Å². The number of fused-ring (bicyclic) bond motifs is 5. The first-order chi connectivity index (χ1) is 14.7. The SMILES string of the molecule is CC(=O)OCC(=O)[C@@]1(O)[C@H](O)C=C2[C@@H]3C[C@H](F)C4=CC(=O)C=C[C@]4(C)[C@@]3(F)[C@@H](O)C[C@@]21C. The number of ether oxygens (including phenoxy) is 1. The number of hydrogen-bond acceptors (Lipinski definition) is 7. The molecule has 7 nitrogen and oxygen atoms in total. The van der Waals surface area contributed by atoms with E-state index in [1.54, 1.807) is 0 Å². The van der Waals surface area contributed by atoms with Crippen molar-refractivity contribution in [1.82, 2.24) is 0 Å². The van der Waals surface area contributed by atoms with E-state index in [1.165, 1.54) is 19.9 Å². The number of esters is 1. The summed E-state index contributed by atoms with van der Waals surface area (Å²) >= 11 is 0. The van der Waals surface area contributed by atoms with Crippen LogP contribution >= 0.6 is 0 Å². The van der Waals surface area contributed by atoms with Crippen LogP contribution in [-0.4, -0.2) is 69.1 Å². The van der Waals surface area contributed by atoms with Gasteiger partial charge < -0.3 is 20.1 Å². The van der Waals surface area contributed by atoms with E-state index in [1.807, 2.05) is 0 Å². The van der Waals surface area contributed by atoms with Gasteiger partial charge in [-0.05, 0) is 37.5 Å². The highest BCUT2D eigenvalue weighted by atomic mass is 19.1. The third-order valence-corrected chi connectivity index (χ3v) is 8.10. The van der Waals surface area contributed by atoms with Crippen molar-refractivity contribution in [2.75, 3.05) is 6.61 Å². The Kier molecular flexibility index (Phi) is 4.94. The van der Waals surface area contributed by atoms with E-state index in [-0.39, 0.29) is 11.1 Å². The largest absolute Gasteiger partial charge is 0.458 e. The predicted molar refractivity (Wildman–Crippen MR) is 107 cm³/mol. The van der Waals surface area contributed by atoms with Crippen molar-refractivity contribution in [3.8, 4) is 0 Å². The molecule has 174 valence electrons. The van der Waals surface area contributed by atoms with Gasteiger partial charge in [0.15, 0.2) is 23.7 Å². The smallest absolute Gasteiger partial charge is 0.303 e. The van der Waals surface area contributed by atoms with Gasteiger partial charge in [-0.25, -0.2) is 8.78 Å². The van der Waals surface area contributed by atoms with Crippen LogP contribution in [-0.2, 0) is 19.1 Å². The van der Waals surface area contributed by atoms with Gasteiger partial charge in [-0.2, -0.15) is 0 Å². The quantitative estimate of drug-likeness (QED) is 0.433. The van der Waals surface area contributed by atoms with Crippen molar-refractivity contribution in [3.63, 3.8) is 0 Å². The monoisotopic (exact) mass is 452 g/mol. The van der Waals surface area contributed by atoms with Gasteiger partial charge in [0.2, 0.25) is 5.78 Å². The first-order valence-corrected chi connectivity index (χ1v) is 10.5. The minimum absolute atomic E-state index is 0.0632. The van der Waals surface area contributed by atoms with Gasteiger partial charge >= 0.3 is 5.97 Å².